The summed E-state index contributed by atoms with van der Waals surface area (Å²) in [5, 5.41) is 4.01. The van der Waals surface area contributed by atoms with E-state index in [-0.39, 0.29) is 17.7 Å². The van der Waals surface area contributed by atoms with Gasteiger partial charge in [-0.05, 0) is 30.3 Å². The monoisotopic (exact) mass is 402 g/mol. The number of halogens is 2. The fourth-order valence-electron chi connectivity index (χ4n) is 3.44. The second-order valence-electron chi connectivity index (χ2n) is 6.64. The molecule has 0 amide bonds. The normalized spacial score (nSPS) is 19.0. The number of allylic oxidation sites excluding steroid dienone is 4. The zero-order chi connectivity index (χ0) is 19.1. The Balaban J connectivity index is 1.88. The molecular formula is C23H26F2P2. The molecule has 2 aromatic rings. The van der Waals surface area contributed by atoms with Gasteiger partial charge < -0.3 is 0 Å². The highest BCUT2D eigenvalue weighted by molar-refractivity contribution is 7.77. The molecule has 3 rings (SSSR count). The van der Waals surface area contributed by atoms with Crippen LogP contribution >= 0.6 is 16.5 Å². The van der Waals surface area contributed by atoms with Crippen molar-refractivity contribution in [3.8, 4) is 0 Å². The van der Waals surface area contributed by atoms with E-state index in [1.807, 2.05) is 19.1 Å². The van der Waals surface area contributed by atoms with Gasteiger partial charge in [0.2, 0.25) is 0 Å². The number of hydrogen-bond donors (Lipinski definition) is 0. The van der Waals surface area contributed by atoms with Crippen LogP contribution in [0, 0.1) is 0 Å². The highest BCUT2D eigenvalue weighted by Crippen LogP contribution is 2.53. The molecule has 0 bridgehead atoms. The number of benzene rings is 2. The summed E-state index contributed by atoms with van der Waals surface area (Å²) in [6, 6.07) is 21.2. The SMILES string of the molecule is CCC(PC1C=CC=C1P(c1ccccc1)c1ccccc1)C(F)CCF. The third kappa shape index (κ3) is 5.13. The Hall–Kier alpha value is -1.36. The van der Waals surface area contributed by atoms with Crippen LogP contribution in [-0.2, 0) is 0 Å². The highest BCUT2D eigenvalue weighted by Gasteiger charge is 2.30. The summed E-state index contributed by atoms with van der Waals surface area (Å²) in [5.74, 6) is 0. The van der Waals surface area contributed by atoms with Gasteiger partial charge in [0.25, 0.3) is 0 Å². The van der Waals surface area contributed by atoms with E-state index in [2.05, 4.69) is 66.8 Å². The van der Waals surface area contributed by atoms with Gasteiger partial charge >= 0.3 is 0 Å². The lowest BCUT2D eigenvalue weighted by atomic mass is 10.2. The zero-order valence-electron chi connectivity index (χ0n) is 15.6. The van der Waals surface area contributed by atoms with Crippen molar-refractivity contribution in [2.45, 2.75) is 37.3 Å². The Morgan fingerprint density at radius 2 is 1.59 bits per heavy atom. The number of rotatable bonds is 9. The van der Waals surface area contributed by atoms with Crippen LogP contribution in [0.5, 0.6) is 0 Å². The molecule has 0 radical (unpaired) electrons. The average Bonchev–Trinajstić information content (AvgIpc) is 3.16. The molecule has 1 aliphatic rings. The minimum absolute atomic E-state index is 0.0210. The van der Waals surface area contributed by atoms with E-state index >= 15 is 0 Å². The van der Waals surface area contributed by atoms with Crippen LogP contribution in [0.3, 0.4) is 0 Å². The minimum Gasteiger partial charge on any atom is -0.251 e. The molecule has 0 aliphatic heterocycles. The van der Waals surface area contributed by atoms with Crippen LogP contribution in [0.25, 0.3) is 0 Å². The summed E-state index contributed by atoms with van der Waals surface area (Å²) in [6.07, 6.45) is 6.27. The topological polar surface area (TPSA) is 0 Å². The summed E-state index contributed by atoms with van der Waals surface area (Å²) >= 11 is 0. The van der Waals surface area contributed by atoms with E-state index in [0.29, 0.717) is 8.58 Å². The standard InChI is InChI=1S/C23H26F2P2/c1-2-21(20(25)16-17-24)26-22-14-9-15-23(22)27(18-10-5-3-6-11-18)19-12-7-4-8-13-19/h3-15,20-22,26H,2,16-17H2,1H3. The summed E-state index contributed by atoms with van der Waals surface area (Å²) < 4.78 is 27.1. The molecular weight excluding hydrogens is 376 g/mol. The van der Waals surface area contributed by atoms with Crippen molar-refractivity contribution in [2.75, 3.05) is 6.67 Å². The lowest BCUT2D eigenvalue weighted by Gasteiger charge is -2.28. The molecule has 142 valence electrons. The second-order valence-corrected chi connectivity index (χ2v) is 10.6. The lowest BCUT2D eigenvalue weighted by Crippen LogP contribution is -2.22. The molecule has 0 nitrogen and oxygen atoms in total. The van der Waals surface area contributed by atoms with Crippen molar-refractivity contribution in [3.63, 3.8) is 0 Å². The first-order valence-corrected chi connectivity index (χ1v) is 12.0. The predicted molar refractivity (Wildman–Crippen MR) is 118 cm³/mol. The molecule has 4 heteroatoms. The van der Waals surface area contributed by atoms with Crippen molar-refractivity contribution in [1.29, 1.82) is 0 Å². The summed E-state index contributed by atoms with van der Waals surface area (Å²) in [7, 11) is -0.196. The van der Waals surface area contributed by atoms with Gasteiger partial charge in [-0.1, -0.05) is 85.8 Å². The van der Waals surface area contributed by atoms with Gasteiger partial charge in [-0.15, -0.1) is 8.58 Å². The molecule has 0 heterocycles. The zero-order valence-corrected chi connectivity index (χ0v) is 17.5. The van der Waals surface area contributed by atoms with Gasteiger partial charge in [-0.2, -0.15) is 0 Å². The Bertz CT molecular complexity index is 719. The summed E-state index contributed by atoms with van der Waals surface area (Å²) in [5.41, 5.74) is 0.180. The van der Waals surface area contributed by atoms with E-state index in [1.54, 1.807) is 0 Å². The molecule has 0 saturated carbocycles. The van der Waals surface area contributed by atoms with Crippen LogP contribution in [-0.4, -0.2) is 24.2 Å². The van der Waals surface area contributed by atoms with Gasteiger partial charge in [0, 0.05) is 17.7 Å². The number of hydrogen-bond acceptors (Lipinski definition) is 0. The van der Waals surface area contributed by atoms with E-state index in [1.165, 1.54) is 15.9 Å². The fourth-order valence-corrected chi connectivity index (χ4v) is 8.04. The predicted octanol–water partition coefficient (Wildman–Crippen LogP) is 6.10. The third-order valence-corrected chi connectivity index (χ3v) is 9.71. The lowest BCUT2D eigenvalue weighted by molar-refractivity contribution is 0.273. The van der Waals surface area contributed by atoms with Gasteiger partial charge in [0.15, 0.2) is 0 Å². The van der Waals surface area contributed by atoms with Crippen LogP contribution in [0.1, 0.15) is 19.8 Å². The third-order valence-electron chi connectivity index (χ3n) is 4.83. The molecule has 2 aromatic carbocycles. The Kier molecular flexibility index (Phi) is 7.74. The Morgan fingerprint density at radius 1 is 1.00 bits per heavy atom. The van der Waals surface area contributed by atoms with Crippen LogP contribution in [0.4, 0.5) is 8.78 Å². The maximum Gasteiger partial charge on any atom is 0.109 e. The van der Waals surface area contributed by atoms with Crippen LogP contribution in [0.2, 0.25) is 0 Å². The molecule has 0 saturated heterocycles. The molecule has 27 heavy (non-hydrogen) atoms. The minimum atomic E-state index is -1.05. The maximum atomic E-state index is 14.4. The quantitative estimate of drug-likeness (QED) is 0.445. The van der Waals surface area contributed by atoms with Crippen LogP contribution in [0.15, 0.2) is 84.2 Å². The van der Waals surface area contributed by atoms with E-state index < -0.39 is 20.8 Å². The summed E-state index contributed by atoms with van der Waals surface area (Å²) in [4.78, 5) is 0. The largest absolute Gasteiger partial charge is 0.251 e. The van der Waals surface area contributed by atoms with E-state index in [0.717, 1.165) is 6.42 Å². The molecule has 0 fully saturated rings. The van der Waals surface area contributed by atoms with Gasteiger partial charge in [-0.3, -0.25) is 4.39 Å². The van der Waals surface area contributed by atoms with Gasteiger partial charge in [0.05, 0.1) is 6.67 Å². The fraction of sp³-hybridized carbons (Fsp3) is 0.304. The second kappa shape index (κ2) is 10.3. The first-order chi connectivity index (χ1) is 13.2. The summed E-state index contributed by atoms with van der Waals surface area (Å²) in [6.45, 7) is 1.44. The van der Waals surface area contributed by atoms with Gasteiger partial charge in [-0.25, -0.2) is 4.39 Å². The maximum absolute atomic E-state index is 14.4. The van der Waals surface area contributed by atoms with Crippen molar-refractivity contribution < 1.29 is 8.78 Å². The average molecular weight is 402 g/mol. The molecule has 4 atom stereocenters. The Labute approximate surface area is 164 Å². The van der Waals surface area contributed by atoms with E-state index in [9.17, 15) is 8.78 Å². The molecule has 0 N–H and O–H groups in total. The van der Waals surface area contributed by atoms with Crippen molar-refractivity contribution in [2.24, 2.45) is 0 Å². The molecule has 0 spiro atoms. The smallest absolute Gasteiger partial charge is 0.109 e. The van der Waals surface area contributed by atoms with Crippen molar-refractivity contribution >= 4 is 27.1 Å². The molecule has 0 aromatic heterocycles. The van der Waals surface area contributed by atoms with E-state index in [4.69, 9.17) is 0 Å². The van der Waals surface area contributed by atoms with Gasteiger partial charge in [0.1, 0.15) is 6.17 Å². The van der Waals surface area contributed by atoms with Crippen molar-refractivity contribution in [1.82, 2.24) is 0 Å². The highest BCUT2D eigenvalue weighted by atomic mass is 31.1. The number of alkyl halides is 2. The first kappa shape index (κ1) is 20.4. The van der Waals surface area contributed by atoms with Crippen molar-refractivity contribution in [3.05, 3.63) is 84.2 Å². The Morgan fingerprint density at radius 3 is 2.11 bits per heavy atom. The first-order valence-electron chi connectivity index (χ1n) is 9.49. The molecule has 4 unspecified atom stereocenters. The molecule has 1 aliphatic carbocycles. The van der Waals surface area contributed by atoms with Crippen LogP contribution < -0.4 is 10.6 Å².